The molecule has 7 nitrogen and oxygen atoms in total. The molecule has 2 N–H and O–H groups in total. The second-order valence-corrected chi connectivity index (χ2v) is 7.41. The number of hydrogen-bond acceptors (Lipinski definition) is 4. The zero-order chi connectivity index (χ0) is 15.3. The third kappa shape index (κ3) is 2.29. The number of sulfonamides is 1. The summed E-state index contributed by atoms with van der Waals surface area (Å²) in [5.74, 6) is -0.485. The minimum absolute atomic E-state index is 0.0739. The summed E-state index contributed by atoms with van der Waals surface area (Å²) in [6, 6.07) is 5.21. The molecule has 1 spiro atoms. The number of nitrogens with zero attached hydrogens (tertiary/aromatic N) is 1. The molecule has 1 atom stereocenters. The van der Waals surface area contributed by atoms with Crippen LogP contribution in [0.3, 0.4) is 0 Å². The van der Waals surface area contributed by atoms with Crippen LogP contribution in [0.25, 0.3) is 0 Å². The number of benzene rings is 1. The van der Waals surface area contributed by atoms with Crippen molar-refractivity contribution < 1.29 is 18.0 Å². The predicted molar refractivity (Wildman–Crippen MR) is 74.2 cm³/mol. The summed E-state index contributed by atoms with van der Waals surface area (Å²) in [6.07, 6.45) is 0.247. The number of nitrogens with one attached hydrogen (secondary N) is 2. The van der Waals surface area contributed by atoms with E-state index in [2.05, 4.69) is 10.6 Å². The molecule has 3 amide bonds. The molecule has 9 heteroatoms. The van der Waals surface area contributed by atoms with Gasteiger partial charge in [-0.15, -0.1) is 0 Å². The largest absolute Gasteiger partial charge is 0.322 e. The topological polar surface area (TPSA) is 95.6 Å². The Hall–Kier alpha value is -1.64. The van der Waals surface area contributed by atoms with Crippen molar-refractivity contribution in [3.05, 3.63) is 29.3 Å². The Morgan fingerprint density at radius 2 is 1.86 bits per heavy atom. The minimum atomic E-state index is -3.72. The Balaban J connectivity index is 1.87. The van der Waals surface area contributed by atoms with Crippen LogP contribution in [-0.2, 0) is 14.8 Å². The van der Waals surface area contributed by atoms with Gasteiger partial charge in [0.1, 0.15) is 5.54 Å². The van der Waals surface area contributed by atoms with Crippen LogP contribution in [0.5, 0.6) is 0 Å². The summed E-state index contributed by atoms with van der Waals surface area (Å²) in [6.45, 7) is 0.0915. The van der Waals surface area contributed by atoms with E-state index in [0.29, 0.717) is 5.02 Å². The number of carbonyl (C=O) groups excluding carboxylic acids is 2. The van der Waals surface area contributed by atoms with Gasteiger partial charge in [0, 0.05) is 18.1 Å². The van der Waals surface area contributed by atoms with Gasteiger partial charge < -0.3 is 5.32 Å². The molecule has 0 radical (unpaired) electrons. The third-order valence-electron chi connectivity index (χ3n) is 3.70. The molecule has 0 aliphatic carbocycles. The number of hydrogen-bond donors (Lipinski definition) is 2. The molecule has 3 rings (SSSR count). The van der Waals surface area contributed by atoms with Gasteiger partial charge in [-0.25, -0.2) is 13.2 Å². The van der Waals surface area contributed by atoms with Crippen LogP contribution < -0.4 is 10.6 Å². The second kappa shape index (κ2) is 4.69. The van der Waals surface area contributed by atoms with E-state index in [-0.39, 0.29) is 24.4 Å². The Labute approximate surface area is 126 Å². The van der Waals surface area contributed by atoms with E-state index in [9.17, 15) is 18.0 Å². The predicted octanol–water partition coefficient (Wildman–Crippen LogP) is 0.313. The van der Waals surface area contributed by atoms with Crippen LogP contribution >= 0.6 is 11.6 Å². The molecule has 2 heterocycles. The number of halogens is 1. The molecule has 112 valence electrons. The van der Waals surface area contributed by atoms with Crippen molar-refractivity contribution in [1.82, 2.24) is 14.9 Å². The summed E-state index contributed by atoms with van der Waals surface area (Å²) in [7, 11) is -3.72. The summed E-state index contributed by atoms with van der Waals surface area (Å²) in [4.78, 5) is 23.2. The molecule has 0 bridgehead atoms. The van der Waals surface area contributed by atoms with Crippen LogP contribution in [0.4, 0.5) is 4.79 Å². The van der Waals surface area contributed by atoms with E-state index < -0.39 is 27.5 Å². The van der Waals surface area contributed by atoms with Crippen LogP contribution in [0.15, 0.2) is 29.2 Å². The van der Waals surface area contributed by atoms with Crippen LogP contribution in [0, 0.1) is 0 Å². The fourth-order valence-electron chi connectivity index (χ4n) is 2.55. The Kier molecular flexibility index (Phi) is 3.19. The van der Waals surface area contributed by atoms with Crippen LogP contribution in [0.1, 0.15) is 6.42 Å². The first-order valence-electron chi connectivity index (χ1n) is 6.23. The lowest BCUT2D eigenvalue weighted by Gasteiger charge is -2.21. The van der Waals surface area contributed by atoms with Crippen molar-refractivity contribution in [2.45, 2.75) is 16.9 Å². The summed E-state index contributed by atoms with van der Waals surface area (Å²) < 4.78 is 26.2. The van der Waals surface area contributed by atoms with Crippen molar-refractivity contribution in [2.75, 3.05) is 13.1 Å². The SMILES string of the molecule is O=C1NC(=O)C2(CCN(S(=O)(=O)c3ccc(Cl)cc3)C2)N1. The molecular formula is C12H12ClN3O4S. The molecule has 2 saturated heterocycles. The summed E-state index contributed by atoms with van der Waals surface area (Å²) >= 11 is 5.75. The quantitative estimate of drug-likeness (QED) is 0.763. The minimum Gasteiger partial charge on any atom is -0.322 e. The zero-order valence-electron chi connectivity index (χ0n) is 10.8. The maximum Gasteiger partial charge on any atom is 0.322 e. The number of imide groups is 1. The van der Waals surface area contributed by atoms with Gasteiger partial charge in [-0.2, -0.15) is 4.31 Å². The first kappa shape index (κ1) is 14.3. The second-order valence-electron chi connectivity index (χ2n) is 5.03. The average molecular weight is 330 g/mol. The first-order chi connectivity index (χ1) is 9.83. The maximum atomic E-state index is 12.5. The fourth-order valence-corrected chi connectivity index (χ4v) is 4.18. The Bertz CT molecular complexity index is 719. The van der Waals surface area contributed by atoms with Crippen LogP contribution in [0.2, 0.25) is 5.02 Å². The van der Waals surface area contributed by atoms with E-state index in [1.165, 1.54) is 28.6 Å². The van der Waals surface area contributed by atoms with E-state index in [1.54, 1.807) is 0 Å². The number of carbonyl (C=O) groups is 2. The number of urea groups is 1. The zero-order valence-corrected chi connectivity index (χ0v) is 12.4. The maximum absolute atomic E-state index is 12.5. The average Bonchev–Trinajstić information content (AvgIpc) is 2.96. The third-order valence-corrected chi connectivity index (χ3v) is 5.81. The molecule has 1 unspecified atom stereocenters. The summed E-state index contributed by atoms with van der Waals surface area (Å²) in [5, 5.41) is 5.09. The van der Waals surface area contributed by atoms with Gasteiger partial charge in [0.15, 0.2) is 0 Å². The fraction of sp³-hybridized carbons (Fsp3) is 0.333. The summed E-state index contributed by atoms with van der Waals surface area (Å²) in [5.41, 5.74) is -1.16. The normalized spacial score (nSPS) is 26.1. The van der Waals surface area contributed by atoms with Gasteiger partial charge in [0.25, 0.3) is 5.91 Å². The lowest BCUT2D eigenvalue weighted by molar-refractivity contribution is -0.123. The Morgan fingerprint density at radius 1 is 1.19 bits per heavy atom. The monoisotopic (exact) mass is 329 g/mol. The highest BCUT2D eigenvalue weighted by Crippen LogP contribution is 2.29. The molecule has 2 fully saturated rings. The molecule has 0 aromatic heterocycles. The van der Waals surface area contributed by atoms with Crippen LogP contribution in [-0.4, -0.2) is 43.3 Å². The standard InChI is InChI=1S/C12H12ClN3O4S/c13-8-1-3-9(4-2-8)21(19,20)16-6-5-12(7-16)10(17)14-11(18)15-12/h1-4H,5-7H2,(H2,14,15,17,18). The molecule has 1 aromatic carbocycles. The van der Waals surface area contributed by atoms with Crippen molar-refractivity contribution in [2.24, 2.45) is 0 Å². The van der Waals surface area contributed by atoms with E-state index in [1.807, 2.05) is 0 Å². The highest BCUT2D eigenvalue weighted by atomic mass is 35.5. The highest BCUT2D eigenvalue weighted by molar-refractivity contribution is 7.89. The van der Waals surface area contributed by atoms with Crippen molar-refractivity contribution >= 4 is 33.6 Å². The van der Waals surface area contributed by atoms with E-state index in [0.717, 1.165) is 0 Å². The van der Waals surface area contributed by atoms with Gasteiger partial charge in [-0.1, -0.05) is 11.6 Å². The molecule has 1 aromatic rings. The highest BCUT2D eigenvalue weighted by Gasteiger charge is 2.53. The van der Waals surface area contributed by atoms with Gasteiger partial charge in [0.05, 0.1) is 4.90 Å². The van der Waals surface area contributed by atoms with Gasteiger partial charge in [-0.3, -0.25) is 10.1 Å². The van der Waals surface area contributed by atoms with Gasteiger partial charge in [-0.05, 0) is 30.7 Å². The van der Waals surface area contributed by atoms with Gasteiger partial charge >= 0.3 is 6.03 Å². The molecule has 21 heavy (non-hydrogen) atoms. The molecule has 0 saturated carbocycles. The van der Waals surface area contributed by atoms with E-state index >= 15 is 0 Å². The molecule has 2 aliphatic rings. The van der Waals surface area contributed by atoms with Crippen molar-refractivity contribution in [1.29, 1.82) is 0 Å². The molecule has 2 aliphatic heterocycles. The lowest BCUT2D eigenvalue weighted by atomic mass is 10.00. The number of amides is 3. The first-order valence-corrected chi connectivity index (χ1v) is 8.05. The number of rotatable bonds is 2. The van der Waals surface area contributed by atoms with E-state index in [4.69, 9.17) is 11.6 Å². The smallest absolute Gasteiger partial charge is 0.322 e. The van der Waals surface area contributed by atoms with Crippen molar-refractivity contribution in [3.63, 3.8) is 0 Å². The Morgan fingerprint density at radius 3 is 2.43 bits per heavy atom. The van der Waals surface area contributed by atoms with Gasteiger partial charge in [0.2, 0.25) is 10.0 Å². The van der Waals surface area contributed by atoms with Crippen molar-refractivity contribution in [3.8, 4) is 0 Å². The lowest BCUT2D eigenvalue weighted by Crippen LogP contribution is -2.49. The molecular weight excluding hydrogens is 318 g/mol.